The average molecular weight is 449 g/mol. The minimum Gasteiger partial charge on any atom is -0.357 e. The molecule has 0 saturated carbocycles. The second-order valence-corrected chi connectivity index (χ2v) is 6.94. The maximum atomic E-state index is 4.93. The van der Waals surface area contributed by atoms with Crippen LogP contribution in [0.15, 0.2) is 17.6 Å². The number of hydrogen-bond acceptors (Lipinski definition) is 3. The zero-order valence-corrected chi connectivity index (χ0v) is 17.8. The molecule has 2 N–H and O–H groups in total. The van der Waals surface area contributed by atoms with Gasteiger partial charge in [-0.05, 0) is 65.8 Å². The topological polar surface area (TPSA) is 42.9 Å². The van der Waals surface area contributed by atoms with E-state index in [0.717, 1.165) is 25.6 Å². The standard InChI is InChI=1S/C18H35N5.HI/c1-4-11-20-17(19-5-2)21-16-18(9-14-22(3)15-10-18)23-12-7-6-8-13-23;/h4H,1,5-16H2,2-3H3,(H2,19,20,21);1H. The monoisotopic (exact) mass is 449 g/mol. The molecule has 2 aliphatic rings. The van der Waals surface area contributed by atoms with Crippen LogP contribution in [0, 0.1) is 0 Å². The van der Waals surface area contributed by atoms with Crippen LogP contribution in [0.3, 0.4) is 0 Å². The quantitative estimate of drug-likeness (QED) is 0.283. The number of aliphatic imine (C=N–C) groups is 1. The predicted octanol–water partition coefficient (Wildman–Crippen LogP) is 2.30. The number of nitrogens with one attached hydrogen (secondary N) is 2. The zero-order valence-electron chi connectivity index (χ0n) is 15.5. The van der Waals surface area contributed by atoms with Crippen molar-refractivity contribution in [2.24, 2.45) is 4.99 Å². The number of rotatable bonds is 6. The fourth-order valence-corrected chi connectivity index (χ4v) is 3.71. The van der Waals surface area contributed by atoms with Gasteiger partial charge in [-0.3, -0.25) is 9.89 Å². The van der Waals surface area contributed by atoms with Crippen LogP contribution in [0.25, 0.3) is 0 Å². The van der Waals surface area contributed by atoms with Crippen molar-refractivity contribution >= 4 is 29.9 Å². The fraction of sp³-hybridized carbons (Fsp3) is 0.833. The molecular weight excluding hydrogens is 413 g/mol. The van der Waals surface area contributed by atoms with Crippen molar-refractivity contribution in [3.8, 4) is 0 Å². The van der Waals surface area contributed by atoms with Crippen molar-refractivity contribution in [3.05, 3.63) is 12.7 Å². The Labute approximate surface area is 165 Å². The van der Waals surface area contributed by atoms with Gasteiger partial charge in [-0.25, -0.2) is 0 Å². The molecule has 5 nitrogen and oxygen atoms in total. The average Bonchev–Trinajstić information content (AvgIpc) is 2.60. The molecule has 0 atom stereocenters. The molecule has 0 aromatic rings. The van der Waals surface area contributed by atoms with E-state index >= 15 is 0 Å². The number of halogens is 1. The SMILES string of the molecule is C=CCNC(=NCC1(N2CCCCC2)CCN(C)CC1)NCC.I. The lowest BCUT2D eigenvalue weighted by Crippen LogP contribution is -2.58. The number of guanidine groups is 1. The smallest absolute Gasteiger partial charge is 0.191 e. The highest BCUT2D eigenvalue weighted by atomic mass is 127. The van der Waals surface area contributed by atoms with E-state index in [9.17, 15) is 0 Å². The van der Waals surface area contributed by atoms with Gasteiger partial charge in [0.25, 0.3) is 0 Å². The van der Waals surface area contributed by atoms with Crippen molar-refractivity contribution < 1.29 is 0 Å². The highest BCUT2D eigenvalue weighted by Crippen LogP contribution is 2.31. The van der Waals surface area contributed by atoms with Crippen LogP contribution in [0.2, 0.25) is 0 Å². The van der Waals surface area contributed by atoms with E-state index in [1.807, 2.05) is 6.08 Å². The molecule has 24 heavy (non-hydrogen) atoms. The largest absolute Gasteiger partial charge is 0.357 e. The molecule has 2 aliphatic heterocycles. The summed E-state index contributed by atoms with van der Waals surface area (Å²) in [6.07, 6.45) is 8.41. The molecule has 140 valence electrons. The molecule has 2 rings (SSSR count). The summed E-state index contributed by atoms with van der Waals surface area (Å²) in [5.74, 6) is 0.919. The minimum absolute atomic E-state index is 0. The van der Waals surface area contributed by atoms with E-state index in [1.165, 1.54) is 58.3 Å². The van der Waals surface area contributed by atoms with Gasteiger partial charge in [0.05, 0.1) is 6.54 Å². The first-order chi connectivity index (χ1) is 11.2. The molecule has 0 unspecified atom stereocenters. The summed E-state index contributed by atoms with van der Waals surface area (Å²) in [7, 11) is 2.24. The lowest BCUT2D eigenvalue weighted by molar-refractivity contribution is 0.0208. The van der Waals surface area contributed by atoms with Crippen molar-refractivity contribution in [3.63, 3.8) is 0 Å². The van der Waals surface area contributed by atoms with Crippen molar-refractivity contribution in [1.29, 1.82) is 0 Å². The van der Waals surface area contributed by atoms with Gasteiger partial charge in [-0.2, -0.15) is 0 Å². The van der Waals surface area contributed by atoms with Crippen LogP contribution in [0.1, 0.15) is 39.0 Å². The number of nitrogens with zero attached hydrogens (tertiary/aromatic N) is 3. The molecule has 0 spiro atoms. The fourth-order valence-electron chi connectivity index (χ4n) is 3.71. The van der Waals surface area contributed by atoms with Gasteiger partial charge in [0.15, 0.2) is 5.96 Å². The first kappa shape index (κ1) is 21.7. The van der Waals surface area contributed by atoms with Gasteiger partial charge < -0.3 is 15.5 Å². The molecular formula is C18H36IN5. The van der Waals surface area contributed by atoms with E-state index in [1.54, 1.807) is 0 Å². The first-order valence-electron chi connectivity index (χ1n) is 9.27. The summed E-state index contributed by atoms with van der Waals surface area (Å²) in [5, 5.41) is 6.68. The molecule has 0 aliphatic carbocycles. The Morgan fingerprint density at radius 2 is 1.79 bits per heavy atom. The zero-order chi connectivity index (χ0) is 16.5. The molecule has 2 saturated heterocycles. The molecule has 6 heteroatoms. The van der Waals surface area contributed by atoms with E-state index in [-0.39, 0.29) is 29.5 Å². The van der Waals surface area contributed by atoms with Crippen LogP contribution in [-0.4, -0.2) is 74.2 Å². The molecule has 0 aromatic carbocycles. The summed E-state index contributed by atoms with van der Waals surface area (Å²) in [4.78, 5) is 10.1. The third-order valence-electron chi connectivity index (χ3n) is 5.23. The maximum Gasteiger partial charge on any atom is 0.191 e. The minimum atomic E-state index is 0. The summed E-state index contributed by atoms with van der Waals surface area (Å²) in [6, 6.07) is 0. The molecule has 0 aromatic heterocycles. The molecule has 2 heterocycles. The summed E-state index contributed by atoms with van der Waals surface area (Å²) in [6.45, 7) is 13.3. The highest BCUT2D eigenvalue weighted by Gasteiger charge is 2.39. The van der Waals surface area contributed by atoms with Crippen molar-refractivity contribution in [2.75, 3.05) is 52.9 Å². The highest BCUT2D eigenvalue weighted by molar-refractivity contribution is 14.0. The van der Waals surface area contributed by atoms with E-state index in [4.69, 9.17) is 4.99 Å². The second kappa shape index (κ2) is 11.3. The van der Waals surface area contributed by atoms with E-state index in [2.05, 4.69) is 41.0 Å². The number of likely N-dealkylation sites (tertiary alicyclic amines) is 2. The van der Waals surface area contributed by atoms with Crippen LogP contribution >= 0.6 is 24.0 Å². The Morgan fingerprint density at radius 1 is 1.12 bits per heavy atom. The Bertz CT molecular complexity index is 385. The predicted molar refractivity (Wildman–Crippen MR) is 114 cm³/mol. The molecule has 2 fully saturated rings. The summed E-state index contributed by atoms with van der Waals surface area (Å²) < 4.78 is 0. The van der Waals surface area contributed by atoms with Gasteiger partial charge in [-0.1, -0.05) is 12.5 Å². The first-order valence-corrected chi connectivity index (χ1v) is 9.27. The van der Waals surface area contributed by atoms with Gasteiger partial charge in [0, 0.05) is 18.6 Å². The van der Waals surface area contributed by atoms with E-state index < -0.39 is 0 Å². The molecule has 0 radical (unpaired) electrons. The maximum absolute atomic E-state index is 4.93. The van der Waals surface area contributed by atoms with Crippen LogP contribution < -0.4 is 10.6 Å². The molecule has 0 amide bonds. The summed E-state index contributed by atoms with van der Waals surface area (Å²) in [5.41, 5.74) is 0.253. The summed E-state index contributed by atoms with van der Waals surface area (Å²) >= 11 is 0. The van der Waals surface area contributed by atoms with Gasteiger partial charge in [-0.15, -0.1) is 30.6 Å². The van der Waals surface area contributed by atoms with Crippen molar-refractivity contribution in [1.82, 2.24) is 20.4 Å². The Balaban J connectivity index is 0.00000288. The van der Waals surface area contributed by atoms with Gasteiger partial charge in [0.2, 0.25) is 0 Å². The van der Waals surface area contributed by atoms with Crippen LogP contribution in [0.5, 0.6) is 0 Å². The second-order valence-electron chi connectivity index (χ2n) is 6.94. The van der Waals surface area contributed by atoms with E-state index in [0.29, 0.717) is 0 Å². The normalized spacial score (nSPS) is 22.5. The van der Waals surface area contributed by atoms with Crippen LogP contribution in [0.4, 0.5) is 0 Å². The Kier molecular flexibility index (Phi) is 10.2. The Hall–Kier alpha value is -0.340. The Morgan fingerprint density at radius 3 is 2.38 bits per heavy atom. The third kappa shape index (κ3) is 6.19. The van der Waals surface area contributed by atoms with Gasteiger partial charge >= 0.3 is 0 Å². The van der Waals surface area contributed by atoms with Crippen molar-refractivity contribution in [2.45, 2.75) is 44.6 Å². The third-order valence-corrected chi connectivity index (χ3v) is 5.23. The molecule has 0 bridgehead atoms. The lowest BCUT2D eigenvalue weighted by Gasteiger charge is -2.49. The van der Waals surface area contributed by atoms with Crippen LogP contribution in [-0.2, 0) is 0 Å². The number of hydrogen-bond donors (Lipinski definition) is 2. The van der Waals surface area contributed by atoms with Gasteiger partial charge in [0.1, 0.15) is 0 Å². The number of piperidine rings is 2. The lowest BCUT2D eigenvalue weighted by atomic mass is 9.84.